The van der Waals surface area contributed by atoms with Crippen molar-refractivity contribution in [1.82, 2.24) is 10.3 Å². The smallest absolute Gasteiger partial charge is 0.0888 e. The van der Waals surface area contributed by atoms with Gasteiger partial charge in [0.25, 0.3) is 0 Å². The number of rotatable bonds is 8. The fourth-order valence-electron chi connectivity index (χ4n) is 1.67. The minimum Gasteiger partial charge on any atom is -0.375 e. The first-order chi connectivity index (χ1) is 8.74. The van der Waals surface area contributed by atoms with Crippen LogP contribution in [0, 0.1) is 0 Å². The van der Waals surface area contributed by atoms with Gasteiger partial charge in [-0.15, -0.1) is 6.58 Å². The number of hydrogen-bond donors (Lipinski definition) is 1. The van der Waals surface area contributed by atoms with Crippen LogP contribution in [0.5, 0.6) is 0 Å². The Hall–Kier alpha value is -1.19. The summed E-state index contributed by atoms with van der Waals surface area (Å²) in [5.74, 6) is 0. The van der Waals surface area contributed by atoms with Crippen LogP contribution < -0.4 is 5.32 Å². The lowest BCUT2D eigenvalue weighted by Crippen LogP contribution is -2.16. The first-order valence-electron chi connectivity index (χ1n) is 6.64. The van der Waals surface area contributed by atoms with Gasteiger partial charge in [0.2, 0.25) is 0 Å². The van der Waals surface area contributed by atoms with Crippen LogP contribution >= 0.6 is 0 Å². The molecule has 0 saturated heterocycles. The summed E-state index contributed by atoms with van der Waals surface area (Å²) in [5.41, 5.74) is 3.26. The van der Waals surface area contributed by atoms with Crippen molar-refractivity contribution in [2.24, 2.45) is 0 Å². The van der Waals surface area contributed by atoms with E-state index in [1.165, 1.54) is 12.8 Å². The number of pyridine rings is 1. The molecule has 1 N–H and O–H groups in total. The Morgan fingerprint density at radius 2 is 2.22 bits per heavy atom. The molecule has 0 aliphatic heterocycles. The summed E-state index contributed by atoms with van der Waals surface area (Å²) in [6, 6.07) is 6.85. The summed E-state index contributed by atoms with van der Waals surface area (Å²) in [6.45, 7) is 8.05. The third-order valence-corrected chi connectivity index (χ3v) is 2.94. The van der Waals surface area contributed by atoms with E-state index in [1.807, 2.05) is 19.1 Å². The zero-order valence-electron chi connectivity index (χ0n) is 11.1. The summed E-state index contributed by atoms with van der Waals surface area (Å²) in [7, 11) is 0. The van der Waals surface area contributed by atoms with Gasteiger partial charge >= 0.3 is 0 Å². The zero-order chi connectivity index (χ0) is 12.8. The molecule has 1 aliphatic carbocycles. The lowest BCUT2D eigenvalue weighted by atomic mass is 10.2. The third kappa shape index (κ3) is 4.98. The van der Waals surface area contributed by atoms with Crippen LogP contribution in [-0.2, 0) is 17.9 Å². The molecule has 3 nitrogen and oxygen atoms in total. The van der Waals surface area contributed by atoms with E-state index in [9.17, 15) is 0 Å². The molecule has 0 spiro atoms. The Labute approximate surface area is 109 Å². The molecule has 0 amide bonds. The van der Waals surface area contributed by atoms with Crippen LogP contribution in [0.25, 0.3) is 0 Å². The van der Waals surface area contributed by atoms with Gasteiger partial charge in [-0.05, 0) is 38.3 Å². The second-order valence-electron chi connectivity index (χ2n) is 5.04. The second kappa shape index (κ2) is 6.66. The summed E-state index contributed by atoms with van der Waals surface area (Å²) < 4.78 is 5.58. The standard InChI is InChI=1S/C15H22N2O/c1-12(2)8-9-18-11-15-5-3-4-14(17-15)10-16-13-6-7-13/h3-5,13,16H,1,6-11H2,2H3. The fraction of sp³-hybridized carbons (Fsp3) is 0.533. The van der Waals surface area contributed by atoms with Crippen molar-refractivity contribution in [2.45, 2.75) is 45.4 Å². The molecule has 0 radical (unpaired) electrons. The topological polar surface area (TPSA) is 34.1 Å². The number of nitrogens with one attached hydrogen (secondary N) is 1. The molecule has 98 valence electrons. The van der Waals surface area contributed by atoms with Gasteiger partial charge in [0.05, 0.1) is 24.6 Å². The van der Waals surface area contributed by atoms with Crippen LogP contribution in [0.3, 0.4) is 0 Å². The van der Waals surface area contributed by atoms with Gasteiger partial charge in [-0.1, -0.05) is 11.6 Å². The molecular formula is C15H22N2O. The van der Waals surface area contributed by atoms with E-state index < -0.39 is 0 Å². The first kappa shape index (κ1) is 13.2. The average molecular weight is 246 g/mol. The summed E-state index contributed by atoms with van der Waals surface area (Å²) >= 11 is 0. The predicted octanol–water partition coefficient (Wildman–Crippen LogP) is 2.82. The van der Waals surface area contributed by atoms with E-state index in [-0.39, 0.29) is 0 Å². The maximum Gasteiger partial charge on any atom is 0.0888 e. The lowest BCUT2D eigenvalue weighted by molar-refractivity contribution is 0.121. The normalized spacial score (nSPS) is 14.7. The second-order valence-corrected chi connectivity index (χ2v) is 5.04. The highest BCUT2D eigenvalue weighted by Crippen LogP contribution is 2.19. The SMILES string of the molecule is C=C(C)CCOCc1cccc(CNC2CC2)n1. The van der Waals surface area contributed by atoms with E-state index in [2.05, 4.69) is 22.9 Å². The van der Waals surface area contributed by atoms with Gasteiger partial charge < -0.3 is 10.1 Å². The van der Waals surface area contributed by atoms with Crippen LogP contribution in [0.2, 0.25) is 0 Å². The Kier molecular flexibility index (Phi) is 4.90. The molecule has 0 atom stereocenters. The highest BCUT2D eigenvalue weighted by atomic mass is 16.5. The van der Waals surface area contributed by atoms with Gasteiger partial charge in [0, 0.05) is 12.6 Å². The fourth-order valence-corrected chi connectivity index (χ4v) is 1.67. The molecule has 0 unspecified atom stereocenters. The maximum atomic E-state index is 5.58. The molecule has 0 aromatic carbocycles. The maximum absolute atomic E-state index is 5.58. The average Bonchev–Trinajstić information content (AvgIpc) is 3.17. The molecule has 1 fully saturated rings. The predicted molar refractivity (Wildman–Crippen MR) is 73.2 cm³/mol. The zero-order valence-corrected chi connectivity index (χ0v) is 11.1. The molecule has 1 heterocycles. The minimum absolute atomic E-state index is 0.588. The van der Waals surface area contributed by atoms with Gasteiger partial charge in [0.15, 0.2) is 0 Å². The molecular weight excluding hydrogens is 224 g/mol. The van der Waals surface area contributed by atoms with Crippen molar-refractivity contribution in [3.63, 3.8) is 0 Å². The molecule has 2 rings (SSSR count). The molecule has 18 heavy (non-hydrogen) atoms. The van der Waals surface area contributed by atoms with Gasteiger partial charge in [-0.3, -0.25) is 4.98 Å². The van der Waals surface area contributed by atoms with Crippen molar-refractivity contribution in [3.8, 4) is 0 Å². The summed E-state index contributed by atoms with van der Waals surface area (Å²) in [6.07, 6.45) is 3.54. The van der Waals surface area contributed by atoms with Crippen molar-refractivity contribution in [1.29, 1.82) is 0 Å². The number of aromatic nitrogens is 1. The third-order valence-electron chi connectivity index (χ3n) is 2.94. The first-order valence-corrected chi connectivity index (χ1v) is 6.64. The monoisotopic (exact) mass is 246 g/mol. The van der Waals surface area contributed by atoms with E-state index in [0.717, 1.165) is 42.6 Å². The van der Waals surface area contributed by atoms with Crippen LogP contribution in [0.15, 0.2) is 30.4 Å². The molecule has 1 aliphatic rings. The summed E-state index contributed by atoms with van der Waals surface area (Å²) in [5, 5.41) is 3.47. The quantitative estimate of drug-likeness (QED) is 0.566. The molecule has 1 aromatic heterocycles. The Morgan fingerprint density at radius 1 is 1.44 bits per heavy atom. The Balaban J connectivity index is 1.73. The van der Waals surface area contributed by atoms with Gasteiger partial charge in [-0.2, -0.15) is 0 Å². The van der Waals surface area contributed by atoms with Crippen molar-refractivity contribution >= 4 is 0 Å². The van der Waals surface area contributed by atoms with E-state index in [0.29, 0.717) is 6.61 Å². The number of ether oxygens (including phenoxy) is 1. The van der Waals surface area contributed by atoms with Crippen LogP contribution in [-0.4, -0.2) is 17.6 Å². The number of nitrogens with zero attached hydrogens (tertiary/aromatic N) is 1. The molecule has 0 bridgehead atoms. The summed E-state index contributed by atoms with van der Waals surface area (Å²) in [4.78, 5) is 4.58. The van der Waals surface area contributed by atoms with Crippen molar-refractivity contribution < 1.29 is 4.74 Å². The van der Waals surface area contributed by atoms with E-state index >= 15 is 0 Å². The largest absolute Gasteiger partial charge is 0.375 e. The van der Waals surface area contributed by atoms with Crippen LogP contribution in [0.4, 0.5) is 0 Å². The Morgan fingerprint density at radius 3 is 2.94 bits per heavy atom. The molecule has 1 saturated carbocycles. The highest BCUT2D eigenvalue weighted by Gasteiger charge is 2.20. The van der Waals surface area contributed by atoms with Gasteiger partial charge in [0.1, 0.15) is 0 Å². The number of hydrogen-bond acceptors (Lipinski definition) is 3. The van der Waals surface area contributed by atoms with E-state index in [1.54, 1.807) is 0 Å². The molecule has 1 aromatic rings. The van der Waals surface area contributed by atoms with Crippen molar-refractivity contribution in [2.75, 3.05) is 6.61 Å². The Bertz CT molecular complexity index is 399. The molecule has 3 heteroatoms. The van der Waals surface area contributed by atoms with Crippen LogP contribution in [0.1, 0.15) is 37.6 Å². The van der Waals surface area contributed by atoms with E-state index in [4.69, 9.17) is 4.74 Å². The van der Waals surface area contributed by atoms with Gasteiger partial charge in [-0.25, -0.2) is 0 Å². The van der Waals surface area contributed by atoms with Crippen molar-refractivity contribution in [3.05, 3.63) is 41.7 Å². The highest BCUT2D eigenvalue weighted by molar-refractivity contribution is 5.11. The minimum atomic E-state index is 0.588. The lowest BCUT2D eigenvalue weighted by Gasteiger charge is -2.06.